The van der Waals surface area contributed by atoms with Gasteiger partial charge >= 0.3 is 12.4 Å². The van der Waals surface area contributed by atoms with E-state index in [1.807, 2.05) is 30.3 Å². The number of rotatable bonds is 7. The first-order valence-electron chi connectivity index (χ1n) is 13.5. The largest absolute Gasteiger partial charge is 0.416 e. The number of nitrogens with zero attached hydrogens (tertiary/aromatic N) is 3. The van der Waals surface area contributed by atoms with E-state index in [4.69, 9.17) is 0 Å². The van der Waals surface area contributed by atoms with E-state index in [0.29, 0.717) is 12.1 Å². The van der Waals surface area contributed by atoms with Crippen molar-refractivity contribution in [2.75, 3.05) is 39.8 Å². The molecule has 2 saturated heterocycles. The molecule has 0 saturated carbocycles. The summed E-state index contributed by atoms with van der Waals surface area (Å²) >= 11 is 0. The molecular formula is C29H35F6N3O. The van der Waals surface area contributed by atoms with Crippen molar-refractivity contribution in [1.82, 2.24) is 14.7 Å². The van der Waals surface area contributed by atoms with Gasteiger partial charge in [-0.25, -0.2) is 0 Å². The van der Waals surface area contributed by atoms with Gasteiger partial charge in [0.2, 0.25) is 5.91 Å². The minimum Gasteiger partial charge on any atom is -0.344 e. The summed E-state index contributed by atoms with van der Waals surface area (Å²) < 4.78 is 79.9. The number of benzene rings is 2. The summed E-state index contributed by atoms with van der Waals surface area (Å²) in [7, 11) is 1.54. The summed E-state index contributed by atoms with van der Waals surface area (Å²) in [5, 5.41) is 0. The van der Waals surface area contributed by atoms with Crippen LogP contribution in [0, 0.1) is 0 Å². The second-order valence-electron chi connectivity index (χ2n) is 10.6. The normalized spacial score (nSPS) is 19.2. The molecule has 0 aromatic heterocycles. The van der Waals surface area contributed by atoms with Gasteiger partial charge in [0.25, 0.3) is 0 Å². The quantitative estimate of drug-likeness (QED) is 0.369. The Balaban J connectivity index is 1.47. The molecule has 0 N–H and O–H groups in total. The third kappa shape index (κ3) is 7.33. The van der Waals surface area contributed by atoms with Crippen molar-refractivity contribution < 1.29 is 31.1 Å². The van der Waals surface area contributed by atoms with Gasteiger partial charge < -0.3 is 9.80 Å². The number of halogens is 6. The highest BCUT2D eigenvalue weighted by molar-refractivity contribution is 5.83. The van der Waals surface area contributed by atoms with E-state index in [1.165, 1.54) is 31.2 Å². The summed E-state index contributed by atoms with van der Waals surface area (Å²) in [6, 6.07) is 10.9. The second kappa shape index (κ2) is 12.3. The van der Waals surface area contributed by atoms with Gasteiger partial charge in [-0.15, -0.1) is 0 Å². The SMILES string of the molecule is CN(CCc1ccc(C(F)(F)F)cc1C(F)(F)F)C(=O)C(c1ccccc1)N1CCC(N2CCCCC2)CC1. The van der Waals surface area contributed by atoms with Crippen LogP contribution in [0.15, 0.2) is 48.5 Å². The average molecular weight is 556 g/mol. The van der Waals surface area contributed by atoms with Gasteiger partial charge in [-0.1, -0.05) is 42.8 Å². The molecule has 1 amide bonds. The van der Waals surface area contributed by atoms with E-state index in [0.717, 1.165) is 50.7 Å². The lowest BCUT2D eigenvalue weighted by atomic mass is 9.96. The molecule has 2 fully saturated rings. The van der Waals surface area contributed by atoms with Crippen LogP contribution in [0.1, 0.15) is 60.4 Å². The highest BCUT2D eigenvalue weighted by Gasteiger charge is 2.39. The molecule has 1 unspecified atom stereocenters. The zero-order valence-corrected chi connectivity index (χ0v) is 22.1. The smallest absolute Gasteiger partial charge is 0.344 e. The number of alkyl halides is 6. The maximum absolute atomic E-state index is 13.7. The van der Waals surface area contributed by atoms with E-state index in [9.17, 15) is 31.1 Å². The number of amides is 1. The van der Waals surface area contributed by atoms with Crippen molar-refractivity contribution in [2.24, 2.45) is 0 Å². The molecule has 214 valence electrons. The summed E-state index contributed by atoms with van der Waals surface area (Å²) in [5.74, 6) is -0.238. The molecule has 2 aliphatic rings. The highest BCUT2D eigenvalue weighted by atomic mass is 19.4. The van der Waals surface area contributed by atoms with Crippen LogP contribution < -0.4 is 0 Å². The van der Waals surface area contributed by atoms with Crippen LogP contribution in [0.2, 0.25) is 0 Å². The monoisotopic (exact) mass is 555 g/mol. The summed E-state index contributed by atoms with van der Waals surface area (Å²) in [5.41, 5.74) is -2.12. The number of hydrogen-bond acceptors (Lipinski definition) is 3. The first kappa shape index (κ1) is 29.4. The van der Waals surface area contributed by atoms with E-state index in [2.05, 4.69) is 9.80 Å². The van der Waals surface area contributed by atoms with Crippen LogP contribution in [0.4, 0.5) is 26.3 Å². The van der Waals surface area contributed by atoms with E-state index < -0.39 is 29.5 Å². The van der Waals surface area contributed by atoms with Gasteiger partial charge in [-0.3, -0.25) is 9.69 Å². The lowest BCUT2D eigenvalue weighted by Crippen LogP contribution is -2.50. The third-order valence-electron chi connectivity index (χ3n) is 7.96. The molecule has 10 heteroatoms. The zero-order valence-electron chi connectivity index (χ0n) is 22.1. The van der Waals surface area contributed by atoms with Crippen LogP contribution >= 0.6 is 0 Å². The Hall–Kier alpha value is -2.59. The minimum absolute atomic E-state index is 0.0547. The first-order chi connectivity index (χ1) is 18.4. The second-order valence-corrected chi connectivity index (χ2v) is 10.6. The average Bonchev–Trinajstić information content (AvgIpc) is 2.92. The molecule has 2 aliphatic heterocycles. The van der Waals surface area contributed by atoms with Crippen LogP contribution in [0.3, 0.4) is 0 Å². The highest BCUT2D eigenvalue weighted by Crippen LogP contribution is 2.37. The number of carbonyl (C=O) groups excluding carboxylic acids is 1. The number of carbonyl (C=O) groups is 1. The molecule has 0 aliphatic carbocycles. The third-order valence-corrected chi connectivity index (χ3v) is 7.96. The fourth-order valence-corrected chi connectivity index (χ4v) is 5.78. The standard InChI is InChI=1S/C29H35F6N3O/c1-36(17-12-21-10-11-23(28(30,31)32)20-25(21)29(33,34)35)27(39)26(22-8-4-2-5-9-22)38-18-13-24(14-19-38)37-15-6-3-7-16-37/h2,4-5,8-11,20,24,26H,3,6-7,12-19H2,1H3. The van der Waals surface area contributed by atoms with Crippen LogP contribution in [-0.2, 0) is 23.6 Å². The number of likely N-dealkylation sites (tertiary alicyclic amines) is 2. The van der Waals surface area contributed by atoms with Gasteiger partial charge in [0, 0.05) is 32.7 Å². The summed E-state index contributed by atoms with van der Waals surface area (Å²) in [6.45, 7) is 3.63. The Labute approximate surface area is 225 Å². The summed E-state index contributed by atoms with van der Waals surface area (Å²) in [6.07, 6.45) is -4.45. The lowest BCUT2D eigenvalue weighted by molar-refractivity contribution is -0.143. The van der Waals surface area contributed by atoms with Crippen LogP contribution in [-0.4, -0.2) is 66.4 Å². The maximum atomic E-state index is 13.7. The Morgan fingerprint density at radius 3 is 2.13 bits per heavy atom. The number of piperidine rings is 2. The molecule has 4 nitrogen and oxygen atoms in total. The fraction of sp³-hybridized carbons (Fsp3) is 0.552. The molecule has 4 rings (SSSR count). The zero-order chi connectivity index (χ0) is 28.2. The molecule has 0 spiro atoms. The van der Waals surface area contributed by atoms with Crippen LogP contribution in [0.5, 0.6) is 0 Å². The Morgan fingerprint density at radius 1 is 0.897 bits per heavy atom. The molecule has 2 aromatic rings. The van der Waals surface area contributed by atoms with E-state index in [1.54, 1.807) is 0 Å². The summed E-state index contributed by atoms with van der Waals surface area (Å²) in [4.78, 5) is 19.8. The van der Waals surface area contributed by atoms with Crippen molar-refractivity contribution in [2.45, 2.75) is 63.0 Å². The topological polar surface area (TPSA) is 26.8 Å². The molecule has 0 radical (unpaired) electrons. The van der Waals surface area contributed by atoms with E-state index in [-0.39, 0.29) is 30.5 Å². The van der Waals surface area contributed by atoms with Crippen molar-refractivity contribution in [3.63, 3.8) is 0 Å². The number of likely N-dealkylation sites (N-methyl/N-ethyl adjacent to an activating group) is 1. The minimum atomic E-state index is -4.94. The molecule has 39 heavy (non-hydrogen) atoms. The Kier molecular flexibility index (Phi) is 9.26. The van der Waals surface area contributed by atoms with Gasteiger partial charge in [0.1, 0.15) is 6.04 Å². The van der Waals surface area contributed by atoms with Crippen LogP contribution in [0.25, 0.3) is 0 Å². The molecule has 2 aromatic carbocycles. The Bertz CT molecular complexity index is 1090. The predicted molar refractivity (Wildman–Crippen MR) is 137 cm³/mol. The predicted octanol–water partition coefficient (Wildman–Crippen LogP) is 6.42. The Morgan fingerprint density at radius 2 is 1.54 bits per heavy atom. The lowest BCUT2D eigenvalue weighted by Gasteiger charge is -2.43. The molecule has 2 heterocycles. The van der Waals surface area contributed by atoms with Crippen molar-refractivity contribution in [1.29, 1.82) is 0 Å². The molecule has 1 atom stereocenters. The molecule has 0 bridgehead atoms. The number of hydrogen-bond donors (Lipinski definition) is 0. The van der Waals surface area contributed by atoms with E-state index >= 15 is 0 Å². The van der Waals surface area contributed by atoms with Gasteiger partial charge in [0.15, 0.2) is 0 Å². The van der Waals surface area contributed by atoms with Crippen molar-refractivity contribution in [3.05, 3.63) is 70.8 Å². The van der Waals surface area contributed by atoms with Gasteiger partial charge in [0.05, 0.1) is 11.1 Å². The molecular weight excluding hydrogens is 520 g/mol. The van der Waals surface area contributed by atoms with Gasteiger partial charge in [-0.2, -0.15) is 26.3 Å². The maximum Gasteiger partial charge on any atom is 0.416 e. The van der Waals surface area contributed by atoms with Crippen molar-refractivity contribution >= 4 is 5.91 Å². The van der Waals surface area contributed by atoms with Gasteiger partial charge in [-0.05, 0) is 68.5 Å². The fourth-order valence-electron chi connectivity index (χ4n) is 5.78. The van der Waals surface area contributed by atoms with Crippen molar-refractivity contribution in [3.8, 4) is 0 Å². The first-order valence-corrected chi connectivity index (χ1v) is 13.5.